The smallest absolute Gasteiger partial charge is 0.301 e. The molecule has 98 valence electrons. The predicted octanol–water partition coefficient (Wildman–Crippen LogP) is 0.524. The Labute approximate surface area is 108 Å². The van der Waals surface area contributed by atoms with Crippen LogP contribution in [0.15, 0.2) is 18.2 Å². The lowest BCUT2D eigenvalue weighted by atomic mass is 10.1. The van der Waals surface area contributed by atoms with Gasteiger partial charge in [-0.2, -0.15) is 12.7 Å². The Balaban J connectivity index is 3.09. The largest absolute Gasteiger partial charge is 0.320 e. The van der Waals surface area contributed by atoms with Crippen LogP contribution in [0, 0.1) is 18.8 Å². The van der Waals surface area contributed by atoms with E-state index in [4.69, 9.17) is 5.73 Å². The summed E-state index contributed by atoms with van der Waals surface area (Å²) in [4.78, 5) is 0. The normalized spacial score (nSPS) is 10.9. The first-order chi connectivity index (χ1) is 8.36. The van der Waals surface area contributed by atoms with Crippen LogP contribution in [-0.4, -0.2) is 33.4 Å². The van der Waals surface area contributed by atoms with Gasteiger partial charge in [-0.25, -0.2) is 0 Å². The number of nitrogens with one attached hydrogen (secondary N) is 1. The molecule has 0 heterocycles. The molecule has 0 atom stereocenters. The molecule has 1 aromatic rings. The minimum Gasteiger partial charge on any atom is -0.320 e. The summed E-state index contributed by atoms with van der Waals surface area (Å²) in [5.41, 5.74) is 7.37. The Hall–Kier alpha value is -1.55. The molecule has 0 bridgehead atoms. The van der Waals surface area contributed by atoms with Gasteiger partial charge >= 0.3 is 10.2 Å². The third kappa shape index (κ3) is 3.74. The van der Waals surface area contributed by atoms with Crippen LogP contribution < -0.4 is 10.5 Å². The zero-order chi connectivity index (χ0) is 13.8. The molecule has 0 amide bonds. The minimum atomic E-state index is -3.50. The van der Waals surface area contributed by atoms with E-state index in [0.29, 0.717) is 5.69 Å². The quantitative estimate of drug-likeness (QED) is 0.784. The van der Waals surface area contributed by atoms with Crippen LogP contribution in [-0.2, 0) is 10.2 Å². The summed E-state index contributed by atoms with van der Waals surface area (Å²) in [5.74, 6) is 5.59. The van der Waals surface area contributed by atoms with Crippen LogP contribution in [0.25, 0.3) is 0 Å². The lowest BCUT2D eigenvalue weighted by Crippen LogP contribution is -2.29. The number of aryl methyl sites for hydroxylation is 1. The molecule has 1 aromatic carbocycles. The summed E-state index contributed by atoms with van der Waals surface area (Å²) in [6, 6.07) is 5.33. The molecular formula is C12H17N3O2S. The molecule has 0 unspecified atom stereocenters. The highest BCUT2D eigenvalue weighted by Crippen LogP contribution is 2.18. The summed E-state index contributed by atoms with van der Waals surface area (Å²) in [7, 11) is -0.565. The SMILES string of the molecule is Cc1ccc(C#CCN)cc1NS(=O)(=O)N(C)C. The Morgan fingerprint density at radius 3 is 2.61 bits per heavy atom. The molecule has 0 fully saturated rings. The van der Waals surface area contributed by atoms with Gasteiger partial charge in [-0.3, -0.25) is 4.72 Å². The second-order valence-electron chi connectivity index (χ2n) is 3.93. The second-order valence-corrected chi connectivity index (χ2v) is 5.81. The van der Waals surface area contributed by atoms with E-state index >= 15 is 0 Å². The molecule has 18 heavy (non-hydrogen) atoms. The van der Waals surface area contributed by atoms with Crippen molar-refractivity contribution in [3.05, 3.63) is 29.3 Å². The van der Waals surface area contributed by atoms with Crippen molar-refractivity contribution in [2.24, 2.45) is 5.73 Å². The lowest BCUT2D eigenvalue weighted by Gasteiger charge is -2.15. The molecular weight excluding hydrogens is 250 g/mol. The van der Waals surface area contributed by atoms with E-state index < -0.39 is 10.2 Å². The second kappa shape index (κ2) is 5.87. The third-order valence-electron chi connectivity index (χ3n) is 2.29. The van der Waals surface area contributed by atoms with Gasteiger partial charge in [-0.1, -0.05) is 17.9 Å². The molecule has 0 aromatic heterocycles. The Morgan fingerprint density at radius 2 is 2.06 bits per heavy atom. The van der Waals surface area contributed by atoms with Crippen LogP contribution in [0.3, 0.4) is 0 Å². The first-order valence-electron chi connectivity index (χ1n) is 5.36. The molecule has 1 rings (SSSR count). The number of rotatable bonds is 3. The summed E-state index contributed by atoms with van der Waals surface area (Å²) >= 11 is 0. The van der Waals surface area contributed by atoms with Gasteiger partial charge in [0.05, 0.1) is 12.2 Å². The number of nitrogens with two attached hydrogens (primary N) is 1. The van der Waals surface area contributed by atoms with E-state index in [0.717, 1.165) is 15.4 Å². The van der Waals surface area contributed by atoms with E-state index in [1.54, 1.807) is 6.07 Å². The highest BCUT2D eigenvalue weighted by atomic mass is 32.2. The van der Waals surface area contributed by atoms with Crippen molar-refractivity contribution in [1.29, 1.82) is 0 Å². The zero-order valence-corrected chi connectivity index (χ0v) is 11.5. The third-order valence-corrected chi connectivity index (χ3v) is 3.73. The van der Waals surface area contributed by atoms with E-state index in [9.17, 15) is 8.42 Å². The van der Waals surface area contributed by atoms with E-state index in [-0.39, 0.29) is 6.54 Å². The summed E-state index contributed by atoms with van der Waals surface area (Å²) in [5, 5.41) is 0. The van der Waals surface area contributed by atoms with Gasteiger partial charge in [-0.05, 0) is 24.6 Å². The van der Waals surface area contributed by atoms with E-state index in [1.165, 1.54) is 14.1 Å². The summed E-state index contributed by atoms with van der Waals surface area (Å²) in [6.07, 6.45) is 0. The Morgan fingerprint density at radius 1 is 1.39 bits per heavy atom. The molecule has 0 aliphatic rings. The van der Waals surface area contributed by atoms with Gasteiger partial charge in [0.1, 0.15) is 0 Å². The number of hydrogen-bond acceptors (Lipinski definition) is 3. The highest BCUT2D eigenvalue weighted by Gasteiger charge is 2.14. The highest BCUT2D eigenvalue weighted by molar-refractivity contribution is 7.90. The minimum absolute atomic E-state index is 0.270. The maximum atomic E-state index is 11.7. The Bertz CT molecular complexity index is 583. The molecule has 6 heteroatoms. The number of hydrogen-bond donors (Lipinski definition) is 2. The number of benzene rings is 1. The summed E-state index contributed by atoms with van der Waals surface area (Å²) < 4.78 is 27.1. The van der Waals surface area contributed by atoms with Crippen molar-refractivity contribution in [3.8, 4) is 11.8 Å². The fourth-order valence-electron chi connectivity index (χ4n) is 1.19. The standard InChI is InChI=1S/C12H17N3O2S/c1-10-6-7-11(5-4-8-13)9-12(10)14-18(16,17)15(2)3/h6-7,9,14H,8,13H2,1-3H3. The molecule has 0 aliphatic heterocycles. The molecule has 3 N–H and O–H groups in total. The fourth-order valence-corrected chi connectivity index (χ4v) is 1.87. The van der Waals surface area contributed by atoms with Gasteiger partial charge in [0, 0.05) is 19.7 Å². The number of anilines is 1. The van der Waals surface area contributed by atoms with Crippen molar-refractivity contribution < 1.29 is 8.42 Å². The monoisotopic (exact) mass is 267 g/mol. The Kier molecular flexibility index (Phi) is 4.73. The van der Waals surface area contributed by atoms with Crippen molar-refractivity contribution in [2.75, 3.05) is 25.4 Å². The van der Waals surface area contributed by atoms with Gasteiger partial charge in [-0.15, -0.1) is 0 Å². The zero-order valence-electron chi connectivity index (χ0n) is 10.7. The molecule has 0 aliphatic carbocycles. The maximum absolute atomic E-state index is 11.7. The maximum Gasteiger partial charge on any atom is 0.301 e. The average Bonchev–Trinajstić information content (AvgIpc) is 2.29. The molecule has 0 spiro atoms. The van der Waals surface area contributed by atoms with E-state index in [1.807, 2.05) is 19.1 Å². The van der Waals surface area contributed by atoms with E-state index in [2.05, 4.69) is 16.6 Å². The lowest BCUT2D eigenvalue weighted by molar-refractivity contribution is 0.527. The molecule has 0 radical (unpaired) electrons. The van der Waals surface area contributed by atoms with Crippen LogP contribution in [0.2, 0.25) is 0 Å². The van der Waals surface area contributed by atoms with Crippen molar-refractivity contribution >= 4 is 15.9 Å². The van der Waals surface area contributed by atoms with Crippen LogP contribution in [0.4, 0.5) is 5.69 Å². The van der Waals surface area contributed by atoms with Crippen LogP contribution >= 0.6 is 0 Å². The first-order valence-corrected chi connectivity index (χ1v) is 6.80. The number of nitrogens with zero attached hydrogens (tertiary/aromatic N) is 1. The van der Waals surface area contributed by atoms with Crippen LogP contribution in [0.5, 0.6) is 0 Å². The molecule has 0 saturated heterocycles. The van der Waals surface area contributed by atoms with Crippen molar-refractivity contribution in [2.45, 2.75) is 6.92 Å². The summed E-state index contributed by atoms with van der Waals surface area (Å²) in [6.45, 7) is 2.10. The molecule has 0 saturated carbocycles. The fraction of sp³-hybridized carbons (Fsp3) is 0.333. The first kappa shape index (κ1) is 14.5. The van der Waals surface area contributed by atoms with Gasteiger partial charge in [0.2, 0.25) is 0 Å². The molecule has 5 nitrogen and oxygen atoms in total. The van der Waals surface area contributed by atoms with Crippen molar-refractivity contribution in [3.63, 3.8) is 0 Å². The predicted molar refractivity (Wildman–Crippen MR) is 73.3 cm³/mol. The topological polar surface area (TPSA) is 75.4 Å². The van der Waals surface area contributed by atoms with Gasteiger partial charge in [0.15, 0.2) is 0 Å². The van der Waals surface area contributed by atoms with Gasteiger partial charge < -0.3 is 5.73 Å². The van der Waals surface area contributed by atoms with Crippen molar-refractivity contribution in [1.82, 2.24) is 4.31 Å². The van der Waals surface area contributed by atoms with Gasteiger partial charge in [0.25, 0.3) is 0 Å². The average molecular weight is 267 g/mol. The van der Waals surface area contributed by atoms with Crippen LogP contribution in [0.1, 0.15) is 11.1 Å².